The molecular formula is C18H21Br2NO3. The molecule has 0 saturated carbocycles. The number of halogens is 2. The highest BCUT2D eigenvalue weighted by molar-refractivity contribution is 9.11. The second kappa shape index (κ2) is 10.2. The molecule has 0 spiro atoms. The quantitative estimate of drug-likeness (QED) is 0.604. The van der Waals surface area contributed by atoms with Crippen molar-refractivity contribution in [2.45, 2.75) is 12.6 Å². The van der Waals surface area contributed by atoms with Crippen LogP contribution >= 0.6 is 31.9 Å². The summed E-state index contributed by atoms with van der Waals surface area (Å²) < 4.78 is 7.47. The molecule has 2 aromatic carbocycles. The van der Waals surface area contributed by atoms with Gasteiger partial charge in [-0.05, 0) is 39.7 Å². The number of aliphatic hydroxyl groups is 2. The average Bonchev–Trinajstić information content (AvgIpc) is 2.55. The highest BCUT2D eigenvalue weighted by atomic mass is 79.9. The monoisotopic (exact) mass is 457 g/mol. The fourth-order valence-corrected chi connectivity index (χ4v) is 3.51. The van der Waals surface area contributed by atoms with E-state index < -0.39 is 6.10 Å². The van der Waals surface area contributed by atoms with Crippen molar-refractivity contribution in [2.24, 2.45) is 0 Å². The Bertz CT molecular complexity index is 625. The lowest BCUT2D eigenvalue weighted by molar-refractivity contribution is 0.0588. The van der Waals surface area contributed by atoms with Gasteiger partial charge in [-0.25, -0.2) is 0 Å². The van der Waals surface area contributed by atoms with Crippen molar-refractivity contribution >= 4 is 31.9 Å². The molecule has 0 heterocycles. The zero-order valence-corrected chi connectivity index (χ0v) is 16.4. The lowest BCUT2D eigenvalue weighted by Crippen LogP contribution is -2.37. The van der Waals surface area contributed by atoms with E-state index in [1.54, 1.807) is 0 Å². The van der Waals surface area contributed by atoms with Gasteiger partial charge in [-0.15, -0.1) is 0 Å². The van der Waals surface area contributed by atoms with Crippen molar-refractivity contribution in [2.75, 3.05) is 26.3 Å². The van der Waals surface area contributed by atoms with Crippen molar-refractivity contribution in [3.8, 4) is 5.75 Å². The fraction of sp³-hybridized carbons (Fsp3) is 0.333. The molecule has 0 aliphatic heterocycles. The smallest absolute Gasteiger partial charge is 0.133 e. The maximum atomic E-state index is 10.3. The number of rotatable bonds is 9. The first kappa shape index (κ1) is 19.4. The highest BCUT2D eigenvalue weighted by Crippen LogP contribution is 2.28. The molecule has 0 fully saturated rings. The minimum atomic E-state index is -0.643. The summed E-state index contributed by atoms with van der Waals surface area (Å²) in [6, 6.07) is 15.6. The molecule has 1 atom stereocenters. The molecule has 24 heavy (non-hydrogen) atoms. The second-order valence-electron chi connectivity index (χ2n) is 5.48. The molecule has 0 aliphatic rings. The summed E-state index contributed by atoms with van der Waals surface area (Å²) in [5.41, 5.74) is 1.15. The topological polar surface area (TPSA) is 52.9 Å². The van der Waals surface area contributed by atoms with Crippen LogP contribution in [0.5, 0.6) is 5.75 Å². The van der Waals surface area contributed by atoms with Crippen LogP contribution in [0.2, 0.25) is 0 Å². The van der Waals surface area contributed by atoms with E-state index in [0.29, 0.717) is 25.4 Å². The second-order valence-corrected chi connectivity index (χ2v) is 7.25. The molecule has 0 unspecified atom stereocenters. The van der Waals surface area contributed by atoms with Gasteiger partial charge in [0.2, 0.25) is 0 Å². The Morgan fingerprint density at radius 2 is 1.83 bits per heavy atom. The molecule has 0 amide bonds. The van der Waals surface area contributed by atoms with Gasteiger partial charge in [0, 0.05) is 24.1 Å². The number of benzene rings is 2. The maximum absolute atomic E-state index is 10.3. The van der Waals surface area contributed by atoms with Crippen LogP contribution in [0.15, 0.2) is 57.5 Å². The average molecular weight is 459 g/mol. The van der Waals surface area contributed by atoms with Gasteiger partial charge in [0.25, 0.3) is 0 Å². The molecule has 0 aliphatic carbocycles. The molecule has 0 radical (unpaired) electrons. The SMILES string of the molecule is OCCN(Cc1ccccc1)C[C@@H](O)COc1ccc(Br)cc1Br. The minimum absolute atomic E-state index is 0.0542. The molecule has 0 bridgehead atoms. The Hall–Kier alpha value is -0.920. The zero-order chi connectivity index (χ0) is 17.4. The van der Waals surface area contributed by atoms with Crippen molar-refractivity contribution in [1.82, 2.24) is 4.90 Å². The van der Waals surface area contributed by atoms with Crippen LogP contribution < -0.4 is 4.74 Å². The summed E-state index contributed by atoms with van der Waals surface area (Å²) in [5, 5.41) is 19.5. The number of hydrogen-bond donors (Lipinski definition) is 2. The minimum Gasteiger partial charge on any atom is -0.490 e. The Morgan fingerprint density at radius 1 is 1.08 bits per heavy atom. The molecule has 0 saturated heterocycles. The Morgan fingerprint density at radius 3 is 2.50 bits per heavy atom. The van der Waals surface area contributed by atoms with Crippen LogP contribution in [0, 0.1) is 0 Å². The van der Waals surface area contributed by atoms with Gasteiger partial charge in [-0.3, -0.25) is 4.90 Å². The van der Waals surface area contributed by atoms with E-state index in [1.807, 2.05) is 53.4 Å². The molecule has 4 nitrogen and oxygen atoms in total. The third-order valence-electron chi connectivity index (χ3n) is 3.46. The van der Waals surface area contributed by atoms with Gasteiger partial charge >= 0.3 is 0 Å². The molecule has 130 valence electrons. The summed E-state index contributed by atoms with van der Waals surface area (Å²) >= 11 is 6.83. The van der Waals surface area contributed by atoms with Gasteiger partial charge in [-0.2, -0.15) is 0 Å². The third-order valence-corrected chi connectivity index (χ3v) is 4.57. The highest BCUT2D eigenvalue weighted by Gasteiger charge is 2.13. The summed E-state index contributed by atoms with van der Waals surface area (Å²) in [7, 11) is 0. The maximum Gasteiger partial charge on any atom is 0.133 e. The number of nitrogens with zero attached hydrogens (tertiary/aromatic N) is 1. The summed E-state index contributed by atoms with van der Waals surface area (Å²) in [6.07, 6.45) is -0.643. The number of hydrogen-bond acceptors (Lipinski definition) is 4. The zero-order valence-electron chi connectivity index (χ0n) is 13.2. The largest absolute Gasteiger partial charge is 0.490 e. The molecular weight excluding hydrogens is 438 g/mol. The molecule has 0 aromatic heterocycles. The molecule has 2 rings (SSSR count). The molecule has 2 N–H and O–H groups in total. The number of ether oxygens (including phenoxy) is 1. The first-order valence-corrected chi connectivity index (χ1v) is 9.30. The van der Waals surface area contributed by atoms with Crippen molar-refractivity contribution in [1.29, 1.82) is 0 Å². The lowest BCUT2D eigenvalue weighted by Gasteiger charge is -2.24. The van der Waals surface area contributed by atoms with E-state index in [9.17, 15) is 10.2 Å². The molecule has 2 aromatic rings. The summed E-state index contributed by atoms with van der Waals surface area (Å²) in [4.78, 5) is 2.01. The van der Waals surface area contributed by atoms with Crippen molar-refractivity contribution in [3.63, 3.8) is 0 Å². The first-order valence-electron chi connectivity index (χ1n) is 7.71. The van der Waals surface area contributed by atoms with Crippen LogP contribution in [0.25, 0.3) is 0 Å². The van der Waals surface area contributed by atoms with Crippen LogP contribution in [0.3, 0.4) is 0 Å². The lowest BCUT2D eigenvalue weighted by atomic mass is 10.2. The normalized spacial score (nSPS) is 12.4. The predicted octanol–water partition coefficient (Wildman–Crippen LogP) is 3.45. The number of aliphatic hydroxyl groups excluding tert-OH is 2. The van der Waals surface area contributed by atoms with Gasteiger partial charge in [0.05, 0.1) is 11.1 Å². The van der Waals surface area contributed by atoms with Crippen LogP contribution in [-0.2, 0) is 6.54 Å². The Balaban J connectivity index is 1.86. The van der Waals surface area contributed by atoms with E-state index in [0.717, 1.165) is 14.5 Å². The van der Waals surface area contributed by atoms with E-state index >= 15 is 0 Å². The fourth-order valence-electron chi connectivity index (χ4n) is 2.35. The van der Waals surface area contributed by atoms with E-state index in [4.69, 9.17) is 4.74 Å². The summed E-state index contributed by atoms with van der Waals surface area (Å²) in [5.74, 6) is 0.689. The Labute approximate surface area is 159 Å². The van der Waals surface area contributed by atoms with E-state index in [-0.39, 0.29) is 13.2 Å². The third kappa shape index (κ3) is 6.53. The van der Waals surface area contributed by atoms with Crippen LogP contribution in [0.1, 0.15) is 5.56 Å². The van der Waals surface area contributed by atoms with Gasteiger partial charge in [-0.1, -0.05) is 46.3 Å². The van der Waals surface area contributed by atoms with Gasteiger partial charge < -0.3 is 14.9 Å². The van der Waals surface area contributed by atoms with Crippen molar-refractivity contribution < 1.29 is 14.9 Å². The van der Waals surface area contributed by atoms with E-state index in [2.05, 4.69) is 31.9 Å². The van der Waals surface area contributed by atoms with Gasteiger partial charge in [0.1, 0.15) is 18.5 Å². The molecule has 6 heteroatoms. The predicted molar refractivity (Wildman–Crippen MR) is 102 cm³/mol. The van der Waals surface area contributed by atoms with Crippen molar-refractivity contribution in [3.05, 3.63) is 63.0 Å². The van der Waals surface area contributed by atoms with Crippen LogP contribution in [-0.4, -0.2) is 47.5 Å². The van der Waals surface area contributed by atoms with Crippen LogP contribution in [0.4, 0.5) is 0 Å². The first-order chi connectivity index (χ1) is 11.6. The standard InChI is InChI=1S/C18H21Br2NO3/c19-15-6-7-18(17(20)10-15)24-13-16(23)12-21(8-9-22)11-14-4-2-1-3-5-14/h1-7,10,16,22-23H,8-9,11-13H2/t16-/m1/s1. The van der Waals surface area contributed by atoms with Gasteiger partial charge in [0.15, 0.2) is 0 Å². The Kier molecular flexibility index (Phi) is 8.21. The van der Waals surface area contributed by atoms with E-state index in [1.165, 1.54) is 0 Å². The summed E-state index contributed by atoms with van der Waals surface area (Å²) in [6.45, 7) is 1.87.